The van der Waals surface area contributed by atoms with Crippen LogP contribution >= 0.6 is 11.6 Å². The number of rotatable bonds is 8. The van der Waals surface area contributed by atoms with E-state index in [9.17, 15) is 14.9 Å². The molecule has 29 heavy (non-hydrogen) atoms. The third-order valence-corrected chi connectivity index (χ3v) is 4.92. The van der Waals surface area contributed by atoms with Gasteiger partial charge in [0, 0.05) is 44.9 Å². The van der Waals surface area contributed by atoms with Crippen LogP contribution in [0.1, 0.15) is 0 Å². The fourth-order valence-corrected chi connectivity index (χ4v) is 3.21. The number of non-ortho nitro benzene ring substituents is 1. The monoisotopic (exact) mass is 419 g/mol. The predicted octanol–water partition coefficient (Wildman–Crippen LogP) is 2.85. The lowest BCUT2D eigenvalue weighted by atomic mass is 10.3. The second kappa shape index (κ2) is 10.1. The van der Waals surface area contributed by atoms with Gasteiger partial charge in [-0.25, -0.2) is 0 Å². The van der Waals surface area contributed by atoms with Gasteiger partial charge in [-0.05, 0) is 18.2 Å². The largest absolute Gasteiger partial charge is 0.492 e. The molecule has 2 aromatic rings. The first-order valence-electron chi connectivity index (χ1n) is 9.27. The highest BCUT2D eigenvalue weighted by Gasteiger charge is 2.21. The maximum atomic E-state index is 12.4. The standard InChI is InChI=1S/C20H22ClN3O5/c21-18-14-16(24(26)27)6-7-19(18)29-15-20(25)23-10-8-22(9-11-23)12-13-28-17-4-2-1-3-5-17/h1-7,14H,8-13,15H2. The van der Waals surface area contributed by atoms with Crippen LogP contribution in [0.2, 0.25) is 5.02 Å². The maximum Gasteiger partial charge on any atom is 0.271 e. The Kier molecular flexibility index (Phi) is 7.26. The molecule has 0 spiro atoms. The summed E-state index contributed by atoms with van der Waals surface area (Å²) in [6.07, 6.45) is 0. The Morgan fingerprint density at radius 1 is 1.07 bits per heavy atom. The summed E-state index contributed by atoms with van der Waals surface area (Å²) in [6.45, 7) is 3.99. The second-order valence-electron chi connectivity index (χ2n) is 6.54. The van der Waals surface area contributed by atoms with Crippen LogP contribution in [0.5, 0.6) is 11.5 Å². The zero-order valence-electron chi connectivity index (χ0n) is 15.8. The molecule has 0 aliphatic carbocycles. The van der Waals surface area contributed by atoms with Crippen molar-refractivity contribution in [1.29, 1.82) is 0 Å². The van der Waals surface area contributed by atoms with Crippen LogP contribution in [0, 0.1) is 10.1 Å². The molecule has 0 N–H and O–H groups in total. The van der Waals surface area contributed by atoms with E-state index in [1.807, 2.05) is 30.3 Å². The van der Waals surface area contributed by atoms with E-state index in [-0.39, 0.29) is 29.0 Å². The molecule has 0 saturated carbocycles. The highest BCUT2D eigenvalue weighted by atomic mass is 35.5. The summed E-state index contributed by atoms with van der Waals surface area (Å²) in [4.78, 5) is 26.6. The molecule has 1 saturated heterocycles. The number of amides is 1. The molecule has 1 amide bonds. The Balaban J connectivity index is 1.38. The number of benzene rings is 2. The number of halogens is 1. The summed E-state index contributed by atoms with van der Waals surface area (Å²) in [6, 6.07) is 13.6. The molecule has 9 heteroatoms. The molecule has 154 valence electrons. The molecular weight excluding hydrogens is 398 g/mol. The van der Waals surface area contributed by atoms with E-state index in [0.29, 0.717) is 19.7 Å². The third-order valence-electron chi connectivity index (χ3n) is 4.62. The van der Waals surface area contributed by atoms with Crippen LogP contribution in [0.15, 0.2) is 48.5 Å². The molecule has 1 aliphatic rings. The predicted molar refractivity (Wildman–Crippen MR) is 109 cm³/mol. The minimum absolute atomic E-state index is 0.107. The number of para-hydroxylation sites is 1. The quantitative estimate of drug-likeness (QED) is 0.483. The molecule has 0 radical (unpaired) electrons. The van der Waals surface area contributed by atoms with Crippen molar-refractivity contribution in [2.24, 2.45) is 0 Å². The van der Waals surface area contributed by atoms with E-state index >= 15 is 0 Å². The van der Waals surface area contributed by atoms with Crippen molar-refractivity contribution in [3.05, 3.63) is 63.7 Å². The SMILES string of the molecule is O=C(COc1ccc([N+](=O)[O-])cc1Cl)N1CCN(CCOc2ccccc2)CC1. The highest BCUT2D eigenvalue weighted by Crippen LogP contribution is 2.28. The second-order valence-corrected chi connectivity index (χ2v) is 6.95. The molecule has 1 aliphatic heterocycles. The van der Waals surface area contributed by atoms with Gasteiger partial charge in [0.1, 0.15) is 18.1 Å². The molecule has 1 heterocycles. The van der Waals surface area contributed by atoms with Gasteiger partial charge in [0.25, 0.3) is 11.6 Å². The van der Waals surface area contributed by atoms with Gasteiger partial charge in [-0.3, -0.25) is 19.8 Å². The van der Waals surface area contributed by atoms with Crippen molar-refractivity contribution in [2.45, 2.75) is 0 Å². The molecule has 0 unspecified atom stereocenters. The summed E-state index contributed by atoms with van der Waals surface area (Å²) in [7, 11) is 0. The Bertz CT molecular complexity index is 841. The Morgan fingerprint density at radius 3 is 2.45 bits per heavy atom. The van der Waals surface area contributed by atoms with Crippen LogP contribution in [0.3, 0.4) is 0 Å². The van der Waals surface area contributed by atoms with Crippen molar-refractivity contribution in [1.82, 2.24) is 9.80 Å². The number of piperazine rings is 1. The molecule has 8 nitrogen and oxygen atoms in total. The number of nitro groups is 1. The minimum Gasteiger partial charge on any atom is -0.492 e. The first kappa shape index (κ1) is 20.9. The fraction of sp³-hybridized carbons (Fsp3) is 0.350. The average Bonchev–Trinajstić information content (AvgIpc) is 2.74. The van der Waals surface area contributed by atoms with Gasteiger partial charge in [-0.2, -0.15) is 0 Å². The van der Waals surface area contributed by atoms with E-state index < -0.39 is 4.92 Å². The Labute approximate surface area is 173 Å². The first-order valence-corrected chi connectivity index (χ1v) is 9.65. The Hall–Kier alpha value is -2.84. The summed E-state index contributed by atoms with van der Waals surface area (Å²) >= 11 is 5.98. The van der Waals surface area contributed by atoms with Crippen LogP contribution in [0.4, 0.5) is 5.69 Å². The van der Waals surface area contributed by atoms with E-state index in [2.05, 4.69) is 4.90 Å². The van der Waals surface area contributed by atoms with Crippen molar-refractivity contribution in [3.8, 4) is 11.5 Å². The average molecular weight is 420 g/mol. The van der Waals surface area contributed by atoms with Crippen LogP contribution in [-0.4, -0.2) is 66.6 Å². The molecule has 1 fully saturated rings. The van der Waals surface area contributed by atoms with E-state index in [1.54, 1.807) is 4.90 Å². The van der Waals surface area contributed by atoms with E-state index in [1.165, 1.54) is 18.2 Å². The van der Waals surface area contributed by atoms with E-state index in [0.717, 1.165) is 25.4 Å². The molecule has 0 atom stereocenters. The van der Waals surface area contributed by atoms with Crippen LogP contribution in [-0.2, 0) is 4.79 Å². The summed E-state index contributed by atoms with van der Waals surface area (Å²) in [5.41, 5.74) is -0.124. The molecule has 2 aromatic carbocycles. The zero-order valence-corrected chi connectivity index (χ0v) is 16.6. The molecule has 0 bridgehead atoms. The van der Waals surface area contributed by atoms with Crippen molar-refractivity contribution >= 4 is 23.2 Å². The van der Waals surface area contributed by atoms with Crippen LogP contribution < -0.4 is 9.47 Å². The van der Waals surface area contributed by atoms with Gasteiger partial charge in [0.2, 0.25) is 0 Å². The molecule has 0 aromatic heterocycles. The first-order chi connectivity index (χ1) is 14.0. The van der Waals surface area contributed by atoms with Crippen molar-refractivity contribution < 1.29 is 19.2 Å². The lowest BCUT2D eigenvalue weighted by Crippen LogP contribution is -2.50. The van der Waals surface area contributed by atoms with Gasteiger partial charge >= 0.3 is 0 Å². The minimum atomic E-state index is -0.537. The van der Waals surface area contributed by atoms with Crippen LogP contribution in [0.25, 0.3) is 0 Å². The van der Waals surface area contributed by atoms with Crippen molar-refractivity contribution in [2.75, 3.05) is 45.9 Å². The van der Waals surface area contributed by atoms with Gasteiger partial charge < -0.3 is 14.4 Å². The number of hydrogen-bond donors (Lipinski definition) is 0. The number of nitro benzene ring substituents is 1. The van der Waals surface area contributed by atoms with Gasteiger partial charge in [0.15, 0.2) is 6.61 Å². The van der Waals surface area contributed by atoms with Crippen molar-refractivity contribution in [3.63, 3.8) is 0 Å². The van der Waals surface area contributed by atoms with Gasteiger partial charge in [-0.1, -0.05) is 29.8 Å². The topological polar surface area (TPSA) is 85.1 Å². The number of carbonyl (C=O) groups excluding carboxylic acids is 1. The number of hydrogen-bond acceptors (Lipinski definition) is 6. The van der Waals surface area contributed by atoms with Gasteiger partial charge in [-0.15, -0.1) is 0 Å². The lowest BCUT2D eigenvalue weighted by molar-refractivity contribution is -0.384. The molecular formula is C20H22ClN3O5. The smallest absolute Gasteiger partial charge is 0.271 e. The maximum absolute atomic E-state index is 12.4. The summed E-state index contributed by atoms with van der Waals surface area (Å²) in [5, 5.41) is 10.8. The third kappa shape index (κ3) is 6.07. The fourth-order valence-electron chi connectivity index (χ4n) is 2.98. The summed E-state index contributed by atoms with van der Waals surface area (Å²) in [5.74, 6) is 0.963. The summed E-state index contributed by atoms with van der Waals surface area (Å²) < 4.78 is 11.2. The lowest BCUT2D eigenvalue weighted by Gasteiger charge is -2.34. The normalized spacial score (nSPS) is 14.4. The molecule has 3 rings (SSSR count). The van der Waals surface area contributed by atoms with E-state index in [4.69, 9.17) is 21.1 Å². The number of ether oxygens (including phenoxy) is 2. The van der Waals surface area contributed by atoms with Gasteiger partial charge in [0.05, 0.1) is 9.95 Å². The number of carbonyl (C=O) groups is 1. The zero-order chi connectivity index (χ0) is 20.6. The highest BCUT2D eigenvalue weighted by molar-refractivity contribution is 6.32. The number of nitrogens with zero attached hydrogens (tertiary/aromatic N) is 3. The Morgan fingerprint density at radius 2 is 1.79 bits per heavy atom.